The van der Waals surface area contributed by atoms with Gasteiger partial charge in [-0.25, -0.2) is 4.98 Å². The Morgan fingerprint density at radius 1 is 1.07 bits per heavy atom. The fourth-order valence-corrected chi connectivity index (χ4v) is 5.01. The molecule has 136 valence electrons. The van der Waals surface area contributed by atoms with Crippen LogP contribution in [0.1, 0.15) is 10.4 Å². The van der Waals surface area contributed by atoms with Crippen LogP contribution in [0, 0.1) is 0 Å². The van der Waals surface area contributed by atoms with E-state index in [0.717, 1.165) is 40.4 Å². The second kappa shape index (κ2) is 6.83. The molecule has 0 atom stereocenters. The van der Waals surface area contributed by atoms with Gasteiger partial charge < -0.3 is 14.8 Å². The minimum atomic E-state index is 0.102. The Labute approximate surface area is 164 Å². The number of piperazine rings is 1. The lowest BCUT2D eigenvalue weighted by molar-refractivity contribution is 0.0749. The standard InChI is InChI=1S/C20H18N4OS2/c25-19(16-11-21-17-4-2-1-3-15(16)17)23-6-8-24(9-7-23)20-22-18(13-27-20)14-5-10-26-12-14/h1-5,10-13,21H,6-9H2. The van der Waals surface area contributed by atoms with E-state index in [4.69, 9.17) is 4.98 Å². The number of nitrogens with one attached hydrogen (secondary N) is 1. The smallest absolute Gasteiger partial charge is 0.256 e. The maximum Gasteiger partial charge on any atom is 0.256 e. The fraction of sp³-hybridized carbons (Fsp3) is 0.200. The third kappa shape index (κ3) is 3.02. The summed E-state index contributed by atoms with van der Waals surface area (Å²) in [4.78, 5) is 25.1. The molecule has 5 nitrogen and oxygen atoms in total. The Morgan fingerprint density at radius 2 is 1.93 bits per heavy atom. The van der Waals surface area contributed by atoms with Gasteiger partial charge in [0.1, 0.15) is 0 Å². The molecule has 1 N–H and O–H groups in total. The van der Waals surface area contributed by atoms with Gasteiger partial charge in [-0.2, -0.15) is 11.3 Å². The van der Waals surface area contributed by atoms with E-state index in [1.165, 1.54) is 5.56 Å². The van der Waals surface area contributed by atoms with E-state index in [1.54, 1.807) is 22.7 Å². The van der Waals surface area contributed by atoms with Crippen LogP contribution in [-0.4, -0.2) is 47.0 Å². The molecule has 7 heteroatoms. The summed E-state index contributed by atoms with van der Waals surface area (Å²) in [5.74, 6) is 0.102. The first-order valence-electron chi connectivity index (χ1n) is 8.88. The van der Waals surface area contributed by atoms with Crippen LogP contribution in [0.25, 0.3) is 22.2 Å². The van der Waals surface area contributed by atoms with E-state index in [2.05, 4.69) is 32.1 Å². The quantitative estimate of drug-likeness (QED) is 0.563. The number of carbonyl (C=O) groups excluding carboxylic acids is 1. The molecule has 1 aromatic carbocycles. The molecule has 4 heterocycles. The van der Waals surface area contributed by atoms with Crippen LogP contribution in [-0.2, 0) is 0 Å². The third-order valence-electron chi connectivity index (χ3n) is 4.97. The maximum absolute atomic E-state index is 13.0. The zero-order valence-electron chi connectivity index (χ0n) is 14.6. The first kappa shape index (κ1) is 16.5. The van der Waals surface area contributed by atoms with Crippen molar-refractivity contribution in [3.63, 3.8) is 0 Å². The monoisotopic (exact) mass is 394 g/mol. The summed E-state index contributed by atoms with van der Waals surface area (Å²) >= 11 is 3.36. The fourth-order valence-electron chi connectivity index (χ4n) is 3.47. The number of hydrogen-bond acceptors (Lipinski definition) is 5. The summed E-state index contributed by atoms with van der Waals surface area (Å²) in [6.07, 6.45) is 1.83. The number of amides is 1. The van der Waals surface area contributed by atoms with E-state index in [-0.39, 0.29) is 5.91 Å². The minimum absolute atomic E-state index is 0.102. The number of thiophene rings is 1. The number of nitrogens with zero attached hydrogens (tertiary/aromatic N) is 3. The summed E-state index contributed by atoms with van der Waals surface area (Å²) < 4.78 is 0. The van der Waals surface area contributed by atoms with Crippen LogP contribution in [0.2, 0.25) is 0 Å². The second-order valence-corrected chi connectivity index (χ2v) is 8.17. The van der Waals surface area contributed by atoms with Crippen molar-refractivity contribution in [1.82, 2.24) is 14.9 Å². The molecule has 3 aromatic heterocycles. The van der Waals surface area contributed by atoms with Crippen LogP contribution < -0.4 is 4.90 Å². The summed E-state index contributed by atoms with van der Waals surface area (Å²) in [6, 6.07) is 10.0. The van der Waals surface area contributed by atoms with Crippen molar-refractivity contribution in [2.24, 2.45) is 0 Å². The van der Waals surface area contributed by atoms with Gasteiger partial charge in [-0.15, -0.1) is 11.3 Å². The molecule has 1 fully saturated rings. The van der Waals surface area contributed by atoms with Gasteiger partial charge in [-0.3, -0.25) is 4.79 Å². The van der Waals surface area contributed by atoms with Crippen LogP contribution in [0.5, 0.6) is 0 Å². The average Bonchev–Trinajstić information content (AvgIpc) is 3.47. The molecule has 1 aliphatic rings. The number of anilines is 1. The van der Waals surface area contributed by atoms with Gasteiger partial charge >= 0.3 is 0 Å². The molecule has 0 radical (unpaired) electrons. The van der Waals surface area contributed by atoms with Gasteiger partial charge in [0.05, 0.1) is 11.3 Å². The molecule has 4 aromatic rings. The molecule has 27 heavy (non-hydrogen) atoms. The number of aromatic amines is 1. The zero-order valence-corrected chi connectivity index (χ0v) is 16.2. The Hall–Kier alpha value is -2.64. The highest BCUT2D eigenvalue weighted by molar-refractivity contribution is 7.14. The second-order valence-electron chi connectivity index (χ2n) is 6.55. The molecule has 1 saturated heterocycles. The topological polar surface area (TPSA) is 52.2 Å². The highest BCUT2D eigenvalue weighted by atomic mass is 32.1. The van der Waals surface area contributed by atoms with Crippen LogP contribution in [0.4, 0.5) is 5.13 Å². The van der Waals surface area contributed by atoms with Gasteiger partial charge in [-0.1, -0.05) is 18.2 Å². The lowest BCUT2D eigenvalue weighted by atomic mass is 10.1. The Bertz CT molecular complexity index is 1070. The SMILES string of the molecule is O=C(c1c[nH]c2ccccc12)N1CCN(c2nc(-c3ccsc3)cs2)CC1. The number of para-hydroxylation sites is 1. The largest absolute Gasteiger partial charge is 0.360 e. The van der Waals surface area contributed by atoms with Crippen LogP contribution in [0.15, 0.2) is 52.7 Å². The van der Waals surface area contributed by atoms with E-state index in [1.807, 2.05) is 35.4 Å². The molecule has 1 amide bonds. The molecule has 0 aliphatic carbocycles. The highest BCUT2D eigenvalue weighted by Gasteiger charge is 2.25. The van der Waals surface area contributed by atoms with Crippen molar-refractivity contribution >= 4 is 44.6 Å². The van der Waals surface area contributed by atoms with E-state index in [9.17, 15) is 4.79 Å². The number of fused-ring (bicyclic) bond motifs is 1. The van der Waals surface area contributed by atoms with Crippen molar-refractivity contribution in [3.05, 3.63) is 58.2 Å². The van der Waals surface area contributed by atoms with Crippen molar-refractivity contribution in [2.75, 3.05) is 31.1 Å². The van der Waals surface area contributed by atoms with Crippen LogP contribution >= 0.6 is 22.7 Å². The van der Waals surface area contributed by atoms with Gasteiger partial charge in [-0.05, 0) is 17.5 Å². The number of hydrogen-bond donors (Lipinski definition) is 1. The summed E-state index contributed by atoms with van der Waals surface area (Å²) in [5, 5.41) is 8.33. The Balaban J connectivity index is 1.28. The van der Waals surface area contributed by atoms with Gasteiger partial charge in [0.25, 0.3) is 5.91 Å². The highest BCUT2D eigenvalue weighted by Crippen LogP contribution is 2.29. The zero-order chi connectivity index (χ0) is 18.2. The number of H-pyrrole nitrogens is 1. The van der Waals surface area contributed by atoms with Gasteiger partial charge in [0.15, 0.2) is 5.13 Å². The van der Waals surface area contributed by atoms with Gasteiger partial charge in [0.2, 0.25) is 0 Å². The molecule has 0 saturated carbocycles. The lowest BCUT2D eigenvalue weighted by Crippen LogP contribution is -2.48. The maximum atomic E-state index is 13.0. The molecule has 0 spiro atoms. The predicted molar refractivity (Wildman–Crippen MR) is 112 cm³/mol. The number of aromatic nitrogens is 2. The molecule has 5 rings (SSSR count). The van der Waals surface area contributed by atoms with Crippen molar-refractivity contribution in [2.45, 2.75) is 0 Å². The molecule has 0 unspecified atom stereocenters. The predicted octanol–water partition coefficient (Wildman–Crippen LogP) is 4.32. The van der Waals surface area contributed by atoms with Gasteiger partial charge in [0, 0.05) is 59.6 Å². The third-order valence-corrected chi connectivity index (χ3v) is 6.55. The number of rotatable bonds is 3. The van der Waals surface area contributed by atoms with Crippen molar-refractivity contribution < 1.29 is 4.79 Å². The van der Waals surface area contributed by atoms with E-state index in [0.29, 0.717) is 13.1 Å². The first-order chi connectivity index (χ1) is 13.3. The first-order valence-corrected chi connectivity index (χ1v) is 10.7. The van der Waals surface area contributed by atoms with E-state index >= 15 is 0 Å². The normalized spacial score (nSPS) is 14.8. The molecular formula is C20H18N4OS2. The minimum Gasteiger partial charge on any atom is -0.360 e. The van der Waals surface area contributed by atoms with Crippen molar-refractivity contribution in [1.29, 1.82) is 0 Å². The number of carbonyl (C=O) groups is 1. The summed E-state index contributed by atoms with van der Waals surface area (Å²) in [7, 11) is 0. The van der Waals surface area contributed by atoms with Crippen molar-refractivity contribution in [3.8, 4) is 11.3 Å². The average molecular weight is 395 g/mol. The molecule has 0 bridgehead atoms. The van der Waals surface area contributed by atoms with Crippen LogP contribution in [0.3, 0.4) is 0 Å². The summed E-state index contributed by atoms with van der Waals surface area (Å²) in [6.45, 7) is 3.05. The Morgan fingerprint density at radius 3 is 2.74 bits per heavy atom. The number of thiazole rings is 1. The lowest BCUT2D eigenvalue weighted by Gasteiger charge is -2.34. The molecule has 1 aliphatic heterocycles. The Kier molecular flexibility index (Phi) is 4.18. The molecular weight excluding hydrogens is 376 g/mol. The summed E-state index contributed by atoms with van der Waals surface area (Å²) in [5.41, 5.74) is 3.97. The number of benzene rings is 1. The van der Waals surface area contributed by atoms with E-state index < -0.39 is 0 Å².